The van der Waals surface area contributed by atoms with Gasteiger partial charge in [0.15, 0.2) is 0 Å². The molecule has 138 valence electrons. The second-order valence-electron chi connectivity index (χ2n) is 5.15. The first-order valence-electron chi connectivity index (χ1n) is 7.56. The molecule has 0 saturated heterocycles. The molecule has 0 fully saturated rings. The second-order valence-corrected chi connectivity index (χ2v) is 7.61. The second kappa shape index (κ2) is 8.60. The third kappa shape index (κ3) is 5.25. The maximum absolute atomic E-state index is 11.9. The van der Waals surface area contributed by atoms with Crippen molar-refractivity contribution in [1.29, 1.82) is 0 Å². The Morgan fingerprint density at radius 1 is 1.26 bits per heavy atom. The Balaban J connectivity index is 1.50. The first kappa shape index (κ1) is 18.8. The van der Waals surface area contributed by atoms with Crippen LogP contribution in [-0.2, 0) is 6.61 Å². The van der Waals surface area contributed by atoms with E-state index in [0.29, 0.717) is 22.1 Å². The number of nitrogens with one attached hydrogen (secondary N) is 1. The molecule has 2 aromatic heterocycles. The SMILES string of the molecule is O=C(N/N=C\c1ccc(COc2ccc([N+](=O)[O-])cc2)o1)c1ccc(Br)s1. The third-order valence-corrected chi connectivity index (χ3v) is 4.89. The van der Waals surface area contributed by atoms with Crippen LogP contribution in [0.2, 0.25) is 0 Å². The molecule has 0 aliphatic rings. The van der Waals surface area contributed by atoms with Crippen molar-refractivity contribution in [2.24, 2.45) is 5.10 Å². The molecule has 8 nitrogen and oxygen atoms in total. The predicted octanol–water partition coefficient (Wildman–Crippen LogP) is 4.35. The summed E-state index contributed by atoms with van der Waals surface area (Å²) in [6, 6.07) is 12.6. The van der Waals surface area contributed by atoms with E-state index in [2.05, 4.69) is 26.5 Å². The average Bonchev–Trinajstić information content (AvgIpc) is 3.29. The Hall–Kier alpha value is -2.98. The molecular formula is C17H12BrN3O5S. The minimum Gasteiger partial charge on any atom is -0.486 e. The van der Waals surface area contributed by atoms with Gasteiger partial charge in [0.25, 0.3) is 11.6 Å². The van der Waals surface area contributed by atoms with E-state index in [1.54, 1.807) is 24.3 Å². The molecule has 3 aromatic rings. The minimum atomic E-state index is -0.474. The van der Waals surface area contributed by atoms with E-state index < -0.39 is 4.92 Å². The Morgan fingerprint density at radius 2 is 2.04 bits per heavy atom. The van der Waals surface area contributed by atoms with Gasteiger partial charge in [-0.3, -0.25) is 14.9 Å². The Labute approximate surface area is 165 Å². The van der Waals surface area contributed by atoms with Gasteiger partial charge in [0.1, 0.15) is 23.9 Å². The van der Waals surface area contributed by atoms with Crippen LogP contribution < -0.4 is 10.2 Å². The lowest BCUT2D eigenvalue weighted by Gasteiger charge is -2.03. The number of ether oxygens (including phenoxy) is 1. The molecule has 0 aliphatic carbocycles. The van der Waals surface area contributed by atoms with Crippen LogP contribution in [0.5, 0.6) is 5.75 Å². The summed E-state index contributed by atoms with van der Waals surface area (Å²) in [7, 11) is 0. The summed E-state index contributed by atoms with van der Waals surface area (Å²) < 4.78 is 11.9. The number of hydrogen-bond acceptors (Lipinski definition) is 7. The zero-order valence-electron chi connectivity index (χ0n) is 13.6. The molecular weight excluding hydrogens is 438 g/mol. The van der Waals surface area contributed by atoms with Crippen LogP contribution in [0.1, 0.15) is 21.2 Å². The number of carbonyl (C=O) groups excluding carboxylic acids is 1. The lowest BCUT2D eigenvalue weighted by atomic mass is 10.3. The molecule has 0 radical (unpaired) electrons. The number of nitro benzene ring substituents is 1. The summed E-state index contributed by atoms with van der Waals surface area (Å²) >= 11 is 4.60. The number of halogens is 1. The van der Waals surface area contributed by atoms with Crippen molar-refractivity contribution in [3.63, 3.8) is 0 Å². The smallest absolute Gasteiger partial charge is 0.281 e. The van der Waals surface area contributed by atoms with E-state index in [9.17, 15) is 14.9 Å². The van der Waals surface area contributed by atoms with E-state index in [4.69, 9.17) is 9.15 Å². The van der Waals surface area contributed by atoms with E-state index in [0.717, 1.165) is 3.79 Å². The zero-order valence-corrected chi connectivity index (χ0v) is 16.0. The normalized spacial score (nSPS) is 10.9. The number of thiophene rings is 1. The van der Waals surface area contributed by atoms with Crippen molar-refractivity contribution in [3.05, 3.63) is 78.8 Å². The largest absolute Gasteiger partial charge is 0.486 e. The summed E-state index contributed by atoms with van der Waals surface area (Å²) in [5.74, 6) is 1.17. The van der Waals surface area contributed by atoms with Crippen LogP contribution in [-0.4, -0.2) is 17.0 Å². The number of furan rings is 1. The van der Waals surface area contributed by atoms with Crippen LogP contribution in [0.4, 0.5) is 5.69 Å². The highest BCUT2D eigenvalue weighted by molar-refractivity contribution is 9.11. The van der Waals surface area contributed by atoms with Crippen molar-refractivity contribution in [3.8, 4) is 5.75 Å². The number of carbonyl (C=O) groups is 1. The van der Waals surface area contributed by atoms with Crippen molar-refractivity contribution >= 4 is 45.1 Å². The van der Waals surface area contributed by atoms with Gasteiger partial charge in [-0.15, -0.1) is 11.3 Å². The van der Waals surface area contributed by atoms with E-state index in [1.807, 2.05) is 0 Å². The van der Waals surface area contributed by atoms with Crippen LogP contribution in [0.15, 0.2) is 61.8 Å². The zero-order chi connectivity index (χ0) is 19.2. The molecule has 3 rings (SSSR count). The molecule has 0 unspecified atom stereocenters. The van der Waals surface area contributed by atoms with Crippen molar-refractivity contribution < 1.29 is 18.9 Å². The van der Waals surface area contributed by atoms with Crippen LogP contribution in [0, 0.1) is 10.1 Å². The molecule has 0 saturated carbocycles. The number of benzene rings is 1. The molecule has 0 atom stereocenters. The predicted molar refractivity (Wildman–Crippen MR) is 103 cm³/mol. The molecule has 10 heteroatoms. The quantitative estimate of drug-likeness (QED) is 0.327. The molecule has 1 N–H and O–H groups in total. The first-order chi connectivity index (χ1) is 13.0. The molecule has 0 spiro atoms. The molecule has 1 amide bonds. The molecule has 27 heavy (non-hydrogen) atoms. The molecule has 1 aromatic carbocycles. The van der Waals surface area contributed by atoms with Gasteiger partial charge in [-0.05, 0) is 52.3 Å². The summed E-state index contributed by atoms with van der Waals surface area (Å²) in [5.41, 5.74) is 2.41. The lowest BCUT2D eigenvalue weighted by Crippen LogP contribution is -2.15. The molecule has 0 aliphatic heterocycles. The number of nitrogens with zero attached hydrogens (tertiary/aromatic N) is 2. The summed E-state index contributed by atoms with van der Waals surface area (Å²) in [6.45, 7) is 0.154. The maximum Gasteiger partial charge on any atom is 0.281 e. The van der Waals surface area contributed by atoms with Gasteiger partial charge in [-0.25, -0.2) is 5.43 Å². The van der Waals surface area contributed by atoms with E-state index in [-0.39, 0.29) is 18.2 Å². The van der Waals surface area contributed by atoms with Gasteiger partial charge in [0.2, 0.25) is 0 Å². The Kier molecular flexibility index (Phi) is 5.99. The fraction of sp³-hybridized carbons (Fsp3) is 0.0588. The fourth-order valence-corrected chi connectivity index (χ4v) is 3.28. The van der Waals surface area contributed by atoms with Gasteiger partial charge in [-0.1, -0.05) is 0 Å². The monoisotopic (exact) mass is 449 g/mol. The first-order valence-corrected chi connectivity index (χ1v) is 9.17. The highest BCUT2D eigenvalue weighted by atomic mass is 79.9. The number of non-ortho nitro benzene ring substituents is 1. The number of amides is 1. The van der Waals surface area contributed by atoms with Gasteiger partial charge >= 0.3 is 0 Å². The van der Waals surface area contributed by atoms with Crippen molar-refractivity contribution in [1.82, 2.24) is 5.43 Å². The van der Waals surface area contributed by atoms with Gasteiger partial charge < -0.3 is 9.15 Å². The lowest BCUT2D eigenvalue weighted by molar-refractivity contribution is -0.384. The summed E-state index contributed by atoms with van der Waals surface area (Å²) in [4.78, 5) is 22.5. The van der Waals surface area contributed by atoms with E-state index >= 15 is 0 Å². The van der Waals surface area contributed by atoms with Crippen LogP contribution in [0.3, 0.4) is 0 Å². The standard InChI is InChI=1S/C17H12BrN3O5S/c18-16-8-7-15(27-16)17(22)20-19-9-13-5-6-14(26-13)10-25-12-3-1-11(2-4-12)21(23)24/h1-9H,10H2,(H,20,22)/b19-9-. The van der Waals surface area contributed by atoms with Crippen molar-refractivity contribution in [2.45, 2.75) is 6.61 Å². The number of nitro groups is 1. The van der Waals surface area contributed by atoms with Crippen LogP contribution >= 0.6 is 27.3 Å². The summed E-state index contributed by atoms with van der Waals surface area (Å²) in [5, 5.41) is 14.5. The van der Waals surface area contributed by atoms with E-state index in [1.165, 1.54) is 41.8 Å². The highest BCUT2D eigenvalue weighted by Gasteiger charge is 2.08. The summed E-state index contributed by atoms with van der Waals surface area (Å²) in [6.07, 6.45) is 1.38. The van der Waals surface area contributed by atoms with Crippen molar-refractivity contribution in [2.75, 3.05) is 0 Å². The molecule has 2 heterocycles. The maximum atomic E-state index is 11.9. The number of hydrazone groups is 1. The Morgan fingerprint density at radius 3 is 2.70 bits per heavy atom. The number of hydrogen-bond donors (Lipinski definition) is 1. The van der Waals surface area contributed by atoms with Gasteiger partial charge in [0, 0.05) is 12.1 Å². The minimum absolute atomic E-state index is 0.00389. The average molecular weight is 450 g/mol. The van der Waals surface area contributed by atoms with Gasteiger partial charge in [-0.2, -0.15) is 5.10 Å². The topological polar surface area (TPSA) is 107 Å². The number of rotatable bonds is 7. The van der Waals surface area contributed by atoms with Gasteiger partial charge in [0.05, 0.1) is 19.8 Å². The van der Waals surface area contributed by atoms with Crippen LogP contribution in [0.25, 0.3) is 0 Å². The Bertz CT molecular complexity index is 981. The fourth-order valence-electron chi connectivity index (χ4n) is 2.01. The molecule has 0 bridgehead atoms. The third-order valence-electron chi connectivity index (χ3n) is 3.27. The highest BCUT2D eigenvalue weighted by Crippen LogP contribution is 2.22.